The maximum absolute atomic E-state index is 5.60. The fourth-order valence-corrected chi connectivity index (χ4v) is 0.966. The van der Waals surface area contributed by atoms with Crippen LogP contribution in [0.4, 0.5) is 5.95 Å². The Morgan fingerprint density at radius 3 is 2.92 bits per heavy atom. The Kier molecular flexibility index (Phi) is 3.10. The second-order valence-corrected chi connectivity index (χ2v) is 2.87. The van der Waals surface area contributed by atoms with Crippen LogP contribution < -0.4 is 5.73 Å². The minimum atomic E-state index is 0.597. The number of nitrogen functional groups attached to an aromatic ring is 1. The third-order valence-corrected chi connectivity index (χ3v) is 2.01. The molecule has 12 heavy (non-hydrogen) atoms. The molecule has 4 nitrogen and oxygen atoms in total. The van der Waals surface area contributed by atoms with Crippen molar-refractivity contribution in [3.8, 4) is 0 Å². The van der Waals surface area contributed by atoms with Gasteiger partial charge in [-0.2, -0.15) is 0 Å². The molecular formula is C8H16N4. The van der Waals surface area contributed by atoms with Crippen molar-refractivity contribution in [3.05, 3.63) is 12.4 Å². The Hall–Kier alpha value is -1.03. The highest BCUT2D eigenvalue weighted by Gasteiger charge is 1.98. The summed E-state index contributed by atoms with van der Waals surface area (Å²) in [5.41, 5.74) is 5.60. The first-order chi connectivity index (χ1) is 5.74. The molecule has 0 saturated heterocycles. The van der Waals surface area contributed by atoms with Crippen LogP contribution in [0.25, 0.3) is 0 Å². The van der Waals surface area contributed by atoms with Crippen molar-refractivity contribution in [1.29, 1.82) is 0 Å². The molecule has 0 aliphatic carbocycles. The van der Waals surface area contributed by atoms with Crippen molar-refractivity contribution in [3.63, 3.8) is 0 Å². The topological polar surface area (TPSA) is 47.1 Å². The van der Waals surface area contributed by atoms with Crippen LogP contribution >= 0.6 is 0 Å². The first kappa shape index (κ1) is 9.06. The minimum Gasteiger partial charge on any atom is -0.369 e. The molecule has 0 bridgehead atoms. The van der Waals surface area contributed by atoms with Gasteiger partial charge in [0.2, 0.25) is 0 Å². The molecule has 4 heteroatoms. The molecule has 2 N–H and O–H groups in total. The fraction of sp³-hybridized carbons (Fsp3) is 0.625. The van der Waals surface area contributed by atoms with Gasteiger partial charge in [0.25, 0.3) is 0 Å². The van der Waals surface area contributed by atoms with Crippen LogP contribution in [-0.4, -0.2) is 34.6 Å². The number of anilines is 1. The van der Waals surface area contributed by atoms with Gasteiger partial charge in [0, 0.05) is 25.5 Å². The second-order valence-electron chi connectivity index (χ2n) is 2.87. The molecule has 1 aromatic heterocycles. The molecule has 0 saturated carbocycles. The number of likely N-dealkylation sites (N-methyl/N-ethyl adjacent to an activating group) is 1. The van der Waals surface area contributed by atoms with Crippen molar-refractivity contribution < 1.29 is 0 Å². The molecule has 0 aromatic carbocycles. The molecule has 68 valence electrons. The van der Waals surface area contributed by atoms with E-state index in [-0.39, 0.29) is 0 Å². The molecule has 0 amide bonds. The van der Waals surface area contributed by atoms with Crippen molar-refractivity contribution in [2.45, 2.75) is 13.5 Å². The standard InChI is InChI=1S/C8H16N4/c1-3-11(2)6-7-12-5-4-10-8(12)9/h4-5H,3,6-7H2,1-2H3,(H2,9,10). The van der Waals surface area contributed by atoms with Gasteiger partial charge in [-0.25, -0.2) is 4.98 Å². The summed E-state index contributed by atoms with van der Waals surface area (Å²) in [6, 6.07) is 0. The van der Waals surface area contributed by atoms with Crippen molar-refractivity contribution in [2.24, 2.45) is 0 Å². The maximum Gasteiger partial charge on any atom is 0.200 e. The lowest BCUT2D eigenvalue weighted by molar-refractivity contribution is 0.336. The molecule has 0 spiro atoms. The van der Waals surface area contributed by atoms with Crippen LogP contribution in [0.1, 0.15) is 6.92 Å². The Morgan fingerprint density at radius 1 is 1.67 bits per heavy atom. The smallest absolute Gasteiger partial charge is 0.200 e. The van der Waals surface area contributed by atoms with Crippen molar-refractivity contribution in [2.75, 3.05) is 25.9 Å². The summed E-state index contributed by atoms with van der Waals surface area (Å²) in [6.07, 6.45) is 3.63. The van der Waals surface area contributed by atoms with Crippen LogP contribution in [0, 0.1) is 0 Å². The normalized spacial score (nSPS) is 10.9. The van der Waals surface area contributed by atoms with Gasteiger partial charge in [-0.15, -0.1) is 0 Å². The Morgan fingerprint density at radius 2 is 2.42 bits per heavy atom. The van der Waals surface area contributed by atoms with Gasteiger partial charge in [-0.3, -0.25) is 0 Å². The van der Waals surface area contributed by atoms with E-state index in [0.717, 1.165) is 19.6 Å². The lowest BCUT2D eigenvalue weighted by atomic mass is 10.5. The number of rotatable bonds is 4. The number of hydrogen-bond acceptors (Lipinski definition) is 3. The van der Waals surface area contributed by atoms with Gasteiger partial charge in [0.1, 0.15) is 0 Å². The van der Waals surface area contributed by atoms with Gasteiger partial charge in [0.15, 0.2) is 5.95 Å². The van der Waals surface area contributed by atoms with Gasteiger partial charge in [0.05, 0.1) is 0 Å². The zero-order valence-electron chi connectivity index (χ0n) is 7.70. The lowest BCUT2D eigenvalue weighted by Gasteiger charge is -2.14. The van der Waals surface area contributed by atoms with E-state index in [4.69, 9.17) is 5.73 Å². The van der Waals surface area contributed by atoms with E-state index < -0.39 is 0 Å². The highest BCUT2D eigenvalue weighted by molar-refractivity contribution is 5.16. The number of nitrogens with zero attached hydrogens (tertiary/aromatic N) is 3. The first-order valence-electron chi connectivity index (χ1n) is 4.19. The van der Waals surface area contributed by atoms with Crippen LogP contribution in [0.2, 0.25) is 0 Å². The zero-order chi connectivity index (χ0) is 8.97. The maximum atomic E-state index is 5.60. The van der Waals surface area contributed by atoms with E-state index in [2.05, 4.69) is 23.9 Å². The van der Waals surface area contributed by atoms with E-state index in [1.165, 1.54) is 0 Å². The largest absolute Gasteiger partial charge is 0.369 e. The van der Waals surface area contributed by atoms with E-state index in [9.17, 15) is 0 Å². The predicted molar refractivity (Wildman–Crippen MR) is 49.8 cm³/mol. The summed E-state index contributed by atoms with van der Waals surface area (Å²) >= 11 is 0. The average molecular weight is 168 g/mol. The number of hydrogen-bond donors (Lipinski definition) is 1. The summed E-state index contributed by atoms with van der Waals surface area (Å²) in [7, 11) is 2.09. The average Bonchev–Trinajstić information content (AvgIpc) is 2.47. The quantitative estimate of drug-likeness (QED) is 0.708. The van der Waals surface area contributed by atoms with E-state index in [1.807, 2.05) is 10.8 Å². The number of imidazole rings is 1. The highest BCUT2D eigenvalue weighted by atomic mass is 15.2. The SMILES string of the molecule is CCN(C)CCn1ccnc1N. The Labute approximate surface area is 73.0 Å². The summed E-state index contributed by atoms with van der Waals surface area (Å²) in [4.78, 5) is 6.18. The second kappa shape index (κ2) is 4.11. The first-order valence-corrected chi connectivity index (χ1v) is 4.19. The highest BCUT2D eigenvalue weighted by Crippen LogP contribution is 1.97. The van der Waals surface area contributed by atoms with Gasteiger partial charge in [-0.05, 0) is 13.6 Å². The van der Waals surface area contributed by atoms with Crippen LogP contribution in [-0.2, 0) is 6.54 Å². The van der Waals surface area contributed by atoms with Crippen molar-refractivity contribution >= 4 is 5.95 Å². The zero-order valence-corrected chi connectivity index (χ0v) is 7.70. The summed E-state index contributed by atoms with van der Waals surface area (Å²) in [5.74, 6) is 0.597. The number of aromatic nitrogens is 2. The van der Waals surface area contributed by atoms with E-state index >= 15 is 0 Å². The summed E-state index contributed by atoms with van der Waals surface area (Å²) in [5, 5.41) is 0. The molecular weight excluding hydrogens is 152 g/mol. The summed E-state index contributed by atoms with van der Waals surface area (Å²) < 4.78 is 1.95. The number of nitrogens with two attached hydrogens (primary N) is 1. The van der Waals surface area contributed by atoms with Crippen LogP contribution in [0.15, 0.2) is 12.4 Å². The molecule has 0 radical (unpaired) electrons. The molecule has 0 fully saturated rings. The third-order valence-electron chi connectivity index (χ3n) is 2.01. The molecule has 0 atom stereocenters. The molecule has 0 unspecified atom stereocenters. The predicted octanol–water partition coefficient (Wildman–Crippen LogP) is 0.417. The molecule has 1 aromatic rings. The van der Waals surface area contributed by atoms with Crippen LogP contribution in [0.5, 0.6) is 0 Å². The van der Waals surface area contributed by atoms with E-state index in [1.54, 1.807) is 6.20 Å². The molecule has 1 rings (SSSR count). The molecule has 0 aliphatic rings. The molecule has 0 aliphatic heterocycles. The Bertz CT molecular complexity index is 231. The fourth-order valence-electron chi connectivity index (χ4n) is 0.966. The molecule has 1 heterocycles. The van der Waals surface area contributed by atoms with Gasteiger partial charge in [-0.1, -0.05) is 6.92 Å². The lowest BCUT2D eigenvalue weighted by Crippen LogP contribution is -2.23. The minimum absolute atomic E-state index is 0.597. The van der Waals surface area contributed by atoms with Gasteiger partial charge >= 0.3 is 0 Å². The van der Waals surface area contributed by atoms with E-state index in [0.29, 0.717) is 5.95 Å². The van der Waals surface area contributed by atoms with Gasteiger partial charge < -0.3 is 15.2 Å². The third kappa shape index (κ3) is 2.23. The van der Waals surface area contributed by atoms with Crippen LogP contribution in [0.3, 0.4) is 0 Å². The Balaban J connectivity index is 2.38. The monoisotopic (exact) mass is 168 g/mol. The van der Waals surface area contributed by atoms with Crippen molar-refractivity contribution in [1.82, 2.24) is 14.5 Å². The summed E-state index contributed by atoms with van der Waals surface area (Å²) in [6.45, 7) is 5.12.